The maximum atomic E-state index is 10.1. The fourth-order valence-electron chi connectivity index (χ4n) is 2.87. The number of hydrogen-bond donors (Lipinski definition) is 1. The minimum absolute atomic E-state index is 0.00301. The van der Waals surface area contributed by atoms with E-state index in [9.17, 15) is 5.11 Å². The summed E-state index contributed by atoms with van der Waals surface area (Å²) in [6.45, 7) is 4.00. The molecule has 0 aliphatic heterocycles. The SMILES string of the molecule is Cc1ccc2oc(-c3ccc(C)c(N=Cc4cc(Br)cc(Cl)c4O)c3)nc2c1. The third-order valence-electron chi connectivity index (χ3n) is 4.40. The third kappa shape index (κ3) is 3.68. The summed E-state index contributed by atoms with van der Waals surface area (Å²) in [4.78, 5) is 9.13. The first kappa shape index (κ1) is 18.7. The summed E-state index contributed by atoms with van der Waals surface area (Å²) in [5.74, 6) is 0.544. The number of hydrogen-bond acceptors (Lipinski definition) is 4. The van der Waals surface area contributed by atoms with Crippen molar-refractivity contribution in [1.29, 1.82) is 0 Å². The standard InChI is InChI=1S/C22H16BrClN2O2/c1-12-3-6-20-19(7-12)26-22(28-20)14-5-4-13(2)18(9-14)25-11-15-8-16(23)10-17(24)21(15)27/h3-11,27H,1-2H3. The number of rotatable bonds is 3. The molecule has 0 aliphatic carbocycles. The highest BCUT2D eigenvalue weighted by Gasteiger charge is 2.11. The molecule has 6 heteroatoms. The van der Waals surface area contributed by atoms with Gasteiger partial charge in [-0.1, -0.05) is 39.7 Å². The van der Waals surface area contributed by atoms with Crippen molar-refractivity contribution in [3.05, 3.63) is 74.7 Å². The van der Waals surface area contributed by atoms with E-state index in [0.717, 1.165) is 38.0 Å². The third-order valence-corrected chi connectivity index (χ3v) is 5.15. The Morgan fingerprint density at radius 2 is 1.93 bits per heavy atom. The molecule has 0 amide bonds. The molecule has 1 heterocycles. The van der Waals surface area contributed by atoms with E-state index in [0.29, 0.717) is 11.5 Å². The number of nitrogens with zero attached hydrogens (tertiary/aromatic N) is 2. The number of fused-ring (bicyclic) bond motifs is 1. The van der Waals surface area contributed by atoms with Gasteiger partial charge in [0, 0.05) is 21.8 Å². The lowest BCUT2D eigenvalue weighted by molar-refractivity contribution is 0.474. The Kier molecular flexibility index (Phi) is 4.96. The first-order valence-electron chi connectivity index (χ1n) is 8.61. The normalized spacial score (nSPS) is 11.6. The maximum Gasteiger partial charge on any atom is 0.227 e. The van der Waals surface area contributed by atoms with E-state index >= 15 is 0 Å². The van der Waals surface area contributed by atoms with Crippen molar-refractivity contribution in [2.24, 2.45) is 4.99 Å². The van der Waals surface area contributed by atoms with Crippen molar-refractivity contribution in [2.45, 2.75) is 13.8 Å². The first-order chi connectivity index (χ1) is 13.4. The second-order valence-corrected chi connectivity index (χ2v) is 7.90. The number of phenols is 1. The van der Waals surface area contributed by atoms with Crippen molar-refractivity contribution >= 4 is 50.5 Å². The van der Waals surface area contributed by atoms with Gasteiger partial charge < -0.3 is 9.52 Å². The van der Waals surface area contributed by atoms with Crippen LogP contribution in [0.2, 0.25) is 5.02 Å². The van der Waals surface area contributed by atoms with Crippen molar-refractivity contribution in [2.75, 3.05) is 0 Å². The van der Waals surface area contributed by atoms with E-state index in [4.69, 9.17) is 16.0 Å². The van der Waals surface area contributed by atoms with Crippen LogP contribution in [0.4, 0.5) is 5.69 Å². The molecule has 0 radical (unpaired) electrons. The zero-order valence-corrected chi connectivity index (χ0v) is 17.5. The van der Waals surface area contributed by atoms with Gasteiger partial charge in [-0.3, -0.25) is 4.99 Å². The lowest BCUT2D eigenvalue weighted by Gasteiger charge is -2.05. The molecule has 28 heavy (non-hydrogen) atoms. The maximum absolute atomic E-state index is 10.1. The molecule has 0 atom stereocenters. The molecule has 0 aliphatic rings. The highest BCUT2D eigenvalue weighted by molar-refractivity contribution is 9.10. The molecule has 0 spiro atoms. The first-order valence-corrected chi connectivity index (χ1v) is 9.78. The predicted molar refractivity (Wildman–Crippen MR) is 117 cm³/mol. The zero-order valence-electron chi connectivity index (χ0n) is 15.2. The van der Waals surface area contributed by atoms with Crippen LogP contribution < -0.4 is 0 Å². The topological polar surface area (TPSA) is 58.6 Å². The Hall–Kier alpha value is -2.63. The molecule has 4 aromatic rings. The average molecular weight is 456 g/mol. The highest BCUT2D eigenvalue weighted by Crippen LogP contribution is 2.32. The summed E-state index contributed by atoms with van der Waals surface area (Å²) >= 11 is 9.40. The monoisotopic (exact) mass is 454 g/mol. The quantitative estimate of drug-likeness (QED) is 0.339. The number of aryl methyl sites for hydroxylation is 2. The molecule has 1 aromatic heterocycles. The molecule has 140 valence electrons. The van der Waals surface area contributed by atoms with E-state index in [-0.39, 0.29) is 10.8 Å². The van der Waals surface area contributed by atoms with Crippen molar-refractivity contribution in [3.63, 3.8) is 0 Å². The van der Waals surface area contributed by atoms with Gasteiger partial charge in [-0.2, -0.15) is 0 Å². The van der Waals surface area contributed by atoms with E-state index in [1.54, 1.807) is 18.3 Å². The number of aromatic hydroxyl groups is 1. The van der Waals surface area contributed by atoms with Crippen LogP contribution in [-0.4, -0.2) is 16.3 Å². The molecule has 0 saturated heterocycles. The van der Waals surface area contributed by atoms with Gasteiger partial charge in [0.2, 0.25) is 5.89 Å². The molecular formula is C22H16BrClN2O2. The second kappa shape index (κ2) is 7.41. The molecule has 3 aromatic carbocycles. The lowest BCUT2D eigenvalue weighted by Crippen LogP contribution is -1.86. The summed E-state index contributed by atoms with van der Waals surface area (Å²) in [5, 5.41) is 10.4. The fraction of sp³-hybridized carbons (Fsp3) is 0.0909. The van der Waals surface area contributed by atoms with E-state index in [2.05, 4.69) is 25.9 Å². The van der Waals surface area contributed by atoms with Crippen LogP contribution in [0.5, 0.6) is 5.75 Å². The van der Waals surface area contributed by atoms with Crippen LogP contribution in [0.1, 0.15) is 16.7 Å². The Morgan fingerprint density at radius 3 is 2.75 bits per heavy atom. The molecule has 0 fully saturated rings. The molecule has 0 bridgehead atoms. The molecule has 4 nitrogen and oxygen atoms in total. The number of phenolic OH excluding ortho intramolecular Hbond substituents is 1. The number of oxazole rings is 1. The van der Waals surface area contributed by atoms with Crippen LogP contribution >= 0.6 is 27.5 Å². The summed E-state index contributed by atoms with van der Waals surface area (Å²) in [6.07, 6.45) is 1.59. The van der Waals surface area contributed by atoms with E-state index in [1.807, 2.05) is 50.2 Å². The van der Waals surface area contributed by atoms with Crippen LogP contribution in [0, 0.1) is 13.8 Å². The average Bonchev–Trinajstić information content (AvgIpc) is 3.07. The second-order valence-electron chi connectivity index (χ2n) is 6.58. The van der Waals surface area contributed by atoms with Gasteiger partial charge in [-0.25, -0.2) is 4.98 Å². The Bertz CT molecular complexity index is 1230. The summed E-state index contributed by atoms with van der Waals surface area (Å²) < 4.78 is 6.66. The Morgan fingerprint density at radius 1 is 1.11 bits per heavy atom. The minimum atomic E-state index is -0.00301. The van der Waals surface area contributed by atoms with Crippen molar-refractivity contribution in [1.82, 2.24) is 4.98 Å². The predicted octanol–water partition coefficient (Wildman–Crippen LogP) is 6.98. The van der Waals surface area contributed by atoms with Gasteiger partial charge in [0.15, 0.2) is 5.58 Å². The molecule has 4 rings (SSSR count). The van der Waals surface area contributed by atoms with E-state index in [1.165, 1.54) is 0 Å². The van der Waals surface area contributed by atoms with E-state index < -0.39 is 0 Å². The Balaban J connectivity index is 1.73. The number of halogens is 2. The zero-order chi connectivity index (χ0) is 19.8. The molecule has 0 saturated carbocycles. The number of benzene rings is 3. The lowest BCUT2D eigenvalue weighted by atomic mass is 10.1. The van der Waals surface area contributed by atoms with Crippen molar-refractivity contribution < 1.29 is 9.52 Å². The van der Waals surface area contributed by atoms with Gasteiger partial charge in [0.05, 0.1) is 10.7 Å². The summed E-state index contributed by atoms with van der Waals surface area (Å²) in [6, 6.07) is 15.2. The number of aliphatic imine (C=N–C) groups is 1. The van der Waals surface area contributed by atoms with Crippen LogP contribution in [0.25, 0.3) is 22.6 Å². The van der Waals surface area contributed by atoms with Gasteiger partial charge >= 0.3 is 0 Å². The van der Waals surface area contributed by atoms with Gasteiger partial charge in [0.1, 0.15) is 11.3 Å². The smallest absolute Gasteiger partial charge is 0.227 e. The van der Waals surface area contributed by atoms with Crippen LogP contribution in [0.15, 0.2) is 62.4 Å². The van der Waals surface area contributed by atoms with Gasteiger partial charge in [-0.15, -0.1) is 0 Å². The molecule has 1 N–H and O–H groups in total. The van der Waals surface area contributed by atoms with Gasteiger partial charge in [0.25, 0.3) is 0 Å². The fourth-order valence-corrected chi connectivity index (χ4v) is 3.70. The van der Waals surface area contributed by atoms with Crippen LogP contribution in [0.3, 0.4) is 0 Å². The van der Waals surface area contributed by atoms with Crippen molar-refractivity contribution in [3.8, 4) is 17.2 Å². The summed E-state index contributed by atoms with van der Waals surface area (Å²) in [5.41, 5.74) is 5.83. The Labute approximate surface area is 175 Å². The molecule has 0 unspecified atom stereocenters. The van der Waals surface area contributed by atoms with Crippen LogP contribution in [-0.2, 0) is 0 Å². The molecular weight excluding hydrogens is 440 g/mol. The number of aromatic nitrogens is 1. The van der Waals surface area contributed by atoms with Gasteiger partial charge in [-0.05, 0) is 61.4 Å². The largest absolute Gasteiger partial charge is 0.506 e. The minimum Gasteiger partial charge on any atom is -0.506 e. The highest BCUT2D eigenvalue weighted by atomic mass is 79.9. The summed E-state index contributed by atoms with van der Waals surface area (Å²) in [7, 11) is 0.